The third-order valence-electron chi connectivity index (χ3n) is 12.9. The molecule has 8 nitrogen and oxygen atoms in total. The van der Waals surface area contributed by atoms with Crippen molar-refractivity contribution in [3.63, 3.8) is 0 Å². The average Bonchev–Trinajstić information content (AvgIpc) is 3.97. The summed E-state index contributed by atoms with van der Waals surface area (Å²) in [5.74, 6) is -1.27. The average molecular weight is 639 g/mol. The number of rotatable bonds is 1. The molecular formula is C42H22N8+4. The Morgan fingerprint density at radius 1 is 0.360 bits per heavy atom. The standard InChI is InChI=1S/C42H22N8/c1-5-27-19-31-9-13-35-39(36-14-10-32-20-28-6-2-24-17-23(1)43(27)41(44(24)28,47(31)35)48(32)36)40-37-15-11-33-21-29-7-3-25-18-26-4-8-30-22-34-12-16-38(40)50(34)42(45(25)29,46(26)30)49(33)37/h1-22H/q+4. The summed E-state index contributed by atoms with van der Waals surface area (Å²) in [5.41, 5.74) is 17.2. The lowest BCUT2D eigenvalue weighted by Gasteiger charge is -2.41. The third kappa shape index (κ3) is 1.86. The van der Waals surface area contributed by atoms with Crippen molar-refractivity contribution in [3.05, 3.63) is 164 Å². The minimum atomic E-state index is -0.634. The van der Waals surface area contributed by atoms with E-state index in [-0.39, 0.29) is 0 Å². The monoisotopic (exact) mass is 638 g/mol. The van der Waals surface area contributed by atoms with Crippen molar-refractivity contribution < 1.29 is 18.3 Å². The van der Waals surface area contributed by atoms with Gasteiger partial charge in [-0.05, 0) is 48.5 Å². The van der Waals surface area contributed by atoms with Crippen LogP contribution in [0.4, 0.5) is 0 Å². The van der Waals surface area contributed by atoms with Gasteiger partial charge in [0.25, 0.3) is 0 Å². The highest BCUT2D eigenvalue weighted by Crippen LogP contribution is 2.55. The van der Waals surface area contributed by atoms with Crippen molar-refractivity contribution >= 4 is 70.4 Å². The predicted octanol–water partition coefficient (Wildman–Crippen LogP) is 1.25. The molecule has 226 valence electrons. The molecule has 16 heterocycles. The normalized spacial score (nSPS) is 27.8. The molecule has 0 aliphatic carbocycles. The van der Waals surface area contributed by atoms with E-state index in [4.69, 9.17) is 0 Å². The Labute approximate surface area is 282 Å². The maximum absolute atomic E-state index is 2.61. The van der Waals surface area contributed by atoms with Crippen LogP contribution in [0.5, 0.6) is 0 Å². The first kappa shape index (κ1) is 22.7. The Bertz CT molecular complexity index is 3170. The molecule has 0 radical (unpaired) electrons. The molecule has 0 fully saturated rings. The van der Waals surface area contributed by atoms with Gasteiger partial charge in [0.15, 0.2) is 0 Å². The van der Waals surface area contributed by atoms with E-state index in [2.05, 4.69) is 170 Å². The fourth-order valence-electron chi connectivity index (χ4n) is 11.4. The van der Waals surface area contributed by atoms with Gasteiger partial charge in [0, 0.05) is 85.1 Å². The van der Waals surface area contributed by atoms with Crippen molar-refractivity contribution in [3.8, 4) is 0 Å². The van der Waals surface area contributed by atoms with Crippen molar-refractivity contribution in [2.75, 3.05) is 0 Å². The number of hydrogen-bond donors (Lipinski definition) is 0. The highest BCUT2D eigenvalue weighted by atomic mass is 15.6. The van der Waals surface area contributed by atoms with E-state index in [0.29, 0.717) is 0 Å². The van der Waals surface area contributed by atoms with Crippen molar-refractivity contribution in [2.24, 2.45) is 0 Å². The van der Waals surface area contributed by atoms with E-state index in [0.717, 1.165) is 0 Å². The van der Waals surface area contributed by atoms with Gasteiger partial charge in [0.05, 0.1) is 55.3 Å². The van der Waals surface area contributed by atoms with Gasteiger partial charge in [0.2, 0.25) is 45.6 Å². The molecule has 0 bridgehead atoms. The fourth-order valence-corrected chi connectivity index (χ4v) is 11.4. The molecule has 0 amide bonds. The minimum absolute atomic E-state index is 0.634. The Kier molecular flexibility index (Phi) is 2.94. The second kappa shape index (κ2) is 6.47. The number of nitrogens with zero attached hydrogens (tertiary/aromatic N) is 8. The Balaban J connectivity index is 1.10. The van der Waals surface area contributed by atoms with Gasteiger partial charge < -0.3 is 0 Å². The van der Waals surface area contributed by atoms with E-state index in [1.165, 1.54) is 101 Å². The summed E-state index contributed by atoms with van der Waals surface area (Å²) in [5, 5.41) is 4.89. The van der Waals surface area contributed by atoms with Crippen LogP contribution in [0, 0.1) is 0 Å². The van der Waals surface area contributed by atoms with Gasteiger partial charge in [-0.15, -0.1) is 0 Å². The SMILES string of the molecule is C1=CC2=[N+]3C1=Cc1ccc4n1C31n3c(ccc3=CC3=[N+]1C(=C4C1=C4C=CC5=[N+]4C46n7c(ccc71)C=C1C=CC(=[N+]14)C=c1ccc(n16)=C5)C=C3)=C2. The van der Waals surface area contributed by atoms with E-state index >= 15 is 0 Å². The van der Waals surface area contributed by atoms with Crippen LogP contribution in [0.25, 0.3) is 47.6 Å². The zero-order valence-corrected chi connectivity index (χ0v) is 26.3. The fraction of sp³-hybridized carbons (Fsp3) is 0.0476. The topological polar surface area (TPSA) is 31.8 Å². The van der Waals surface area contributed by atoms with Crippen LogP contribution in [0.2, 0.25) is 0 Å². The molecule has 16 rings (SSSR count). The maximum Gasteiger partial charge on any atom is 0.553 e. The highest BCUT2D eigenvalue weighted by molar-refractivity contribution is 6.21. The maximum atomic E-state index is 2.61. The van der Waals surface area contributed by atoms with Crippen LogP contribution in [0.1, 0.15) is 22.8 Å². The van der Waals surface area contributed by atoms with Crippen LogP contribution in [0.15, 0.2) is 120 Å². The van der Waals surface area contributed by atoms with Gasteiger partial charge >= 0.3 is 11.8 Å². The molecule has 8 heteroatoms. The molecule has 0 saturated carbocycles. The van der Waals surface area contributed by atoms with Gasteiger partial charge in [-0.25, -0.2) is 0 Å². The summed E-state index contributed by atoms with van der Waals surface area (Å²) in [4.78, 5) is 0. The molecule has 4 aromatic heterocycles. The largest absolute Gasteiger partial charge is 0.553 e. The van der Waals surface area contributed by atoms with Gasteiger partial charge in [-0.1, -0.05) is 18.3 Å². The highest BCUT2D eigenvalue weighted by Gasteiger charge is 2.73. The summed E-state index contributed by atoms with van der Waals surface area (Å²) in [6.45, 7) is 0. The second-order valence-corrected chi connectivity index (χ2v) is 14.8. The number of allylic oxidation sites excluding steroid dienone is 10. The minimum Gasteiger partial charge on any atom is -0.199 e. The van der Waals surface area contributed by atoms with Crippen LogP contribution in [-0.4, -0.2) is 59.4 Å². The van der Waals surface area contributed by atoms with Crippen LogP contribution in [-0.2, 0) is 11.8 Å². The number of aromatic nitrogens is 4. The summed E-state index contributed by atoms with van der Waals surface area (Å²) in [6.07, 6.45) is 32.6. The van der Waals surface area contributed by atoms with Crippen molar-refractivity contribution in [2.45, 2.75) is 11.8 Å². The lowest BCUT2D eigenvalue weighted by atomic mass is 9.91. The summed E-state index contributed by atoms with van der Waals surface area (Å²) < 4.78 is 20.6. The molecular weight excluding hydrogens is 617 g/mol. The van der Waals surface area contributed by atoms with E-state index in [1.807, 2.05) is 0 Å². The Morgan fingerprint density at radius 3 is 1.20 bits per heavy atom. The second-order valence-electron chi connectivity index (χ2n) is 14.8. The molecule has 2 atom stereocenters. The molecule has 4 aromatic rings. The Hall–Kier alpha value is -6.80. The van der Waals surface area contributed by atoms with Gasteiger partial charge in [-0.2, -0.15) is 18.3 Å². The molecule has 50 heavy (non-hydrogen) atoms. The van der Waals surface area contributed by atoms with Gasteiger partial charge in [0.1, 0.15) is 0 Å². The first-order chi connectivity index (χ1) is 24.7. The molecule has 0 saturated heterocycles. The lowest BCUT2D eigenvalue weighted by molar-refractivity contribution is -0.835. The van der Waals surface area contributed by atoms with E-state index in [9.17, 15) is 0 Å². The zero-order chi connectivity index (χ0) is 31.6. The predicted molar refractivity (Wildman–Crippen MR) is 188 cm³/mol. The quantitative estimate of drug-likeness (QED) is 0.282. The molecule has 2 unspecified atom stereocenters. The van der Waals surface area contributed by atoms with Crippen LogP contribution < -0.4 is 21.4 Å². The van der Waals surface area contributed by atoms with Crippen LogP contribution >= 0.6 is 0 Å². The molecule has 12 aliphatic rings. The molecule has 12 aliphatic heterocycles. The molecule has 0 N–H and O–H groups in total. The van der Waals surface area contributed by atoms with Crippen molar-refractivity contribution in [1.29, 1.82) is 0 Å². The molecule has 0 aromatic carbocycles. The van der Waals surface area contributed by atoms with E-state index in [1.54, 1.807) is 0 Å². The smallest absolute Gasteiger partial charge is 0.199 e. The Morgan fingerprint density at radius 2 is 0.760 bits per heavy atom. The van der Waals surface area contributed by atoms with Gasteiger partial charge in [-0.3, -0.25) is 0 Å². The third-order valence-corrected chi connectivity index (χ3v) is 12.9. The number of hydrogen-bond acceptors (Lipinski definition) is 0. The zero-order valence-electron chi connectivity index (χ0n) is 26.3. The van der Waals surface area contributed by atoms with Crippen LogP contribution in [0.3, 0.4) is 0 Å². The first-order valence-corrected chi connectivity index (χ1v) is 17.4. The first-order valence-electron chi connectivity index (χ1n) is 17.4. The van der Waals surface area contributed by atoms with Crippen molar-refractivity contribution in [1.82, 2.24) is 18.3 Å². The summed E-state index contributed by atoms with van der Waals surface area (Å²) >= 11 is 0. The lowest BCUT2D eigenvalue weighted by Crippen LogP contribution is -2.70. The summed E-state index contributed by atoms with van der Waals surface area (Å²) in [6, 6.07) is 18.5. The summed E-state index contributed by atoms with van der Waals surface area (Å²) in [7, 11) is 0. The van der Waals surface area contributed by atoms with E-state index < -0.39 is 11.8 Å². The molecule has 2 spiro atoms.